The average molecular weight is 301 g/mol. The Balaban J connectivity index is 2.06. The molecular formula is C15H13ClN4O. The van der Waals surface area contributed by atoms with Crippen molar-refractivity contribution in [3.8, 4) is 0 Å². The predicted molar refractivity (Wildman–Crippen MR) is 83.9 cm³/mol. The SMILES string of the molecule is CNc1ccc(Cl)c(Cn2cnc3ccccc3c2=O)n1. The summed E-state index contributed by atoms with van der Waals surface area (Å²) in [5.74, 6) is 0.705. The van der Waals surface area contributed by atoms with Gasteiger partial charge in [-0.3, -0.25) is 9.36 Å². The van der Waals surface area contributed by atoms with Crippen LogP contribution < -0.4 is 10.9 Å². The number of rotatable bonds is 3. The third-order valence-electron chi connectivity index (χ3n) is 3.23. The highest BCUT2D eigenvalue weighted by Gasteiger charge is 2.08. The fraction of sp³-hybridized carbons (Fsp3) is 0.133. The van der Waals surface area contributed by atoms with Gasteiger partial charge in [-0.1, -0.05) is 23.7 Å². The Kier molecular flexibility index (Phi) is 3.58. The lowest BCUT2D eigenvalue weighted by Gasteiger charge is -2.09. The third-order valence-corrected chi connectivity index (χ3v) is 3.57. The zero-order valence-corrected chi connectivity index (χ0v) is 12.1. The lowest BCUT2D eigenvalue weighted by molar-refractivity contribution is 0.730. The summed E-state index contributed by atoms with van der Waals surface area (Å²) in [6.45, 7) is 0.283. The summed E-state index contributed by atoms with van der Waals surface area (Å²) >= 11 is 6.15. The quantitative estimate of drug-likeness (QED) is 0.807. The predicted octanol–water partition coefficient (Wildman–Crippen LogP) is 2.53. The summed E-state index contributed by atoms with van der Waals surface area (Å²) in [6, 6.07) is 10.8. The highest BCUT2D eigenvalue weighted by Crippen LogP contribution is 2.17. The number of anilines is 1. The molecule has 5 nitrogen and oxygen atoms in total. The van der Waals surface area contributed by atoms with Crippen LogP contribution in [0.1, 0.15) is 5.69 Å². The summed E-state index contributed by atoms with van der Waals surface area (Å²) in [7, 11) is 1.78. The Hall–Kier alpha value is -2.40. The van der Waals surface area contributed by atoms with E-state index >= 15 is 0 Å². The molecule has 0 bridgehead atoms. The molecule has 3 aromatic rings. The first kappa shape index (κ1) is 13.6. The molecule has 1 aromatic carbocycles. The van der Waals surface area contributed by atoms with E-state index in [9.17, 15) is 4.79 Å². The number of hydrogen-bond donors (Lipinski definition) is 1. The van der Waals surface area contributed by atoms with Crippen molar-refractivity contribution >= 4 is 28.3 Å². The van der Waals surface area contributed by atoms with Crippen molar-refractivity contribution in [2.24, 2.45) is 0 Å². The van der Waals surface area contributed by atoms with Crippen LogP contribution in [0.25, 0.3) is 10.9 Å². The molecular weight excluding hydrogens is 288 g/mol. The first-order chi connectivity index (χ1) is 10.2. The largest absolute Gasteiger partial charge is 0.373 e. The second-order valence-electron chi connectivity index (χ2n) is 4.57. The van der Waals surface area contributed by atoms with E-state index in [1.54, 1.807) is 25.2 Å². The van der Waals surface area contributed by atoms with E-state index in [-0.39, 0.29) is 12.1 Å². The molecule has 0 saturated carbocycles. The second kappa shape index (κ2) is 5.54. The van der Waals surface area contributed by atoms with Gasteiger partial charge in [-0.25, -0.2) is 9.97 Å². The Morgan fingerprint density at radius 1 is 1.24 bits per heavy atom. The van der Waals surface area contributed by atoms with E-state index in [2.05, 4.69) is 15.3 Å². The summed E-state index contributed by atoms with van der Waals surface area (Å²) < 4.78 is 1.51. The molecule has 2 heterocycles. The Morgan fingerprint density at radius 3 is 2.86 bits per heavy atom. The van der Waals surface area contributed by atoms with E-state index in [0.29, 0.717) is 27.4 Å². The third kappa shape index (κ3) is 2.60. The molecule has 21 heavy (non-hydrogen) atoms. The molecule has 2 aromatic heterocycles. The van der Waals surface area contributed by atoms with Crippen molar-refractivity contribution in [2.45, 2.75) is 6.54 Å². The van der Waals surface area contributed by atoms with Crippen LogP contribution in [0, 0.1) is 0 Å². The van der Waals surface area contributed by atoms with Gasteiger partial charge in [-0.05, 0) is 24.3 Å². The molecule has 6 heteroatoms. The molecule has 0 spiro atoms. The maximum atomic E-state index is 12.4. The normalized spacial score (nSPS) is 10.8. The number of para-hydroxylation sites is 1. The van der Waals surface area contributed by atoms with Gasteiger partial charge in [-0.2, -0.15) is 0 Å². The minimum atomic E-state index is -0.103. The smallest absolute Gasteiger partial charge is 0.261 e. The van der Waals surface area contributed by atoms with Gasteiger partial charge >= 0.3 is 0 Å². The number of aromatic nitrogens is 3. The monoisotopic (exact) mass is 300 g/mol. The van der Waals surface area contributed by atoms with Crippen molar-refractivity contribution in [1.29, 1.82) is 0 Å². The zero-order chi connectivity index (χ0) is 14.8. The number of nitrogens with zero attached hydrogens (tertiary/aromatic N) is 3. The summed E-state index contributed by atoms with van der Waals surface area (Å²) in [4.78, 5) is 21.1. The van der Waals surface area contributed by atoms with Gasteiger partial charge in [0, 0.05) is 7.05 Å². The van der Waals surface area contributed by atoms with Gasteiger partial charge in [0.2, 0.25) is 0 Å². The van der Waals surface area contributed by atoms with Gasteiger partial charge < -0.3 is 5.32 Å². The van der Waals surface area contributed by atoms with Gasteiger partial charge in [0.25, 0.3) is 5.56 Å². The van der Waals surface area contributed by atoms with Gasteiger partial charge in [0.05, 0.1) is 34.5 Å². The number of benzene rings is 1. The lowest BCUT2D eigenvalue weighted by atomic mass is 10.2. The Labute approximate surface area is 126 Å². The summed E-state index contributed by atoms with van der Waals surface area (Å²) in [5, 5.41) is 4.06. The van der Waals surface area contributed by atoms with Crippen molar-refractivity contribution in [3.05, 3.63) is 63.8 Å². The fourth-order valence-electron chi connectivity index (χ4n) is 2.11. The Morgan fingerprint density at radius 2 is 2.05 bits per heavy atom. The minimum Gasteiger partial charge on any atom is -0.373 e. The van der Waals surface area contributed by atoms with Gasteiger partial charge in [0.1, 0.15) is 5.82 Å². The number of nitrogens with one attached hydrogen (secondary N) is 1. The number of pyridine rings is 1. The van der Waals surface area contributed by atoms with E-state index in [4.69, 9.17) is 11.6 Å². The van der Waals surface area contributed by atoms with Crippen LogP contribution >= 0.6 is 11.6 Å². The molecule has 0 unspecified atom stereocenters. The number of fused-ring (bicyclic) bond motifs is 1. The molecule has 0 radical (unpaired) electrons. The molecule has 106 valence electrons. The topological polar surface area (TPSA) is 59.8 Å². The number of halogens is 1. The fourth-order valence-corrected chi connectivity index (χ4v) is 2.28. The lowest BCUT2D eigenvalue weighted by Crippen LogP contribution is -2.21. The maximum absolute atomic E-state index is 12.4. The maximum Gasteiger partial charge on any atom is 0.261 e. The zero-order valence-electron chi connectivity index (χ0n) is 11.4. The molecule has 3 rings (SSSR count). The van der Waals surface area contributed by atoms with E-state index in [0.717, 1.165) is 0 Å². The highest BCUT2D eigenvalue weighted by molar-refractivity contribution is 6.31. The van der Waals surface area contributed by atoms with Crippen LogP contribution in [0.4, 0.5) is 5.82 Å². The molecule has 0 aliphatic rings. The van der Waals surface area contributed by atoms with Crippen LogP contribution in [0.15, 0.2) is 47.5 Å². The van der Waals surface area contributed by atoms with Crippen molar-refractivity contribution < 1.29 is 0 Å². The first-order valence-electron chi connectivity index (χ1n) is 6.46. The van der Waals surface area contributed by atoms with Crippen LogP contribution in [0.2, 0.25) is 5.02 Å². The van der Waals surface area contributed by atoms with E-state index < -0.39 is 0 Å². The van der Waals surface area contributed by atoms with E-state index in [1.807, 2.05) is 18.2 Å². The Bertz CT molecular complexity index is 860. The molecule has 0 atom stereocenters. The van der Waals surface area contributed by atoms with E-state index in [1.165, 1.54) is 10.9 Å². The molecule has 0 fully saturated rings. The van der Waals surface area contributed by atoms with Crippen LogP contribution in [-0.2, 0) is 6.54 Å². The molecule has 0 aliphatic heterocycles. The van der Waals surface area contributed by atoms with Gasteiger partial charge in [0.15, 0.2) is 0 Å². The second-order valence-corrected chi connectivity index (χ2v) is 4.98. The summed E-state index contributed by atoms with van der Waals surface area (Å²) in [5.41, 5.74) is 1.21. The van der Waals surface area contributed by atoms with Crippen LogP contribution in [0.3, 0.4) is 0 Å². The van der Waals surface area contributed by atoms with Crippen LogP contribution in [0.5, 0.6) is 0 Å². The highest BCUT2D eigenvalue weighted by atomic mass is 35.5. The van der Waals surface area contributed by atoms with Crippen molar-refractivity contribution in [3.63, 3.8) is 0 Å². The first-order valence-corrected chi connectivity index (χ1v) is 6.84. The van der Waals surface area contributed by atoms with Crippen LogP contribution in [-0.4, -0.2) is 21.6 Å². The van der Waals surface area contributed by atoms with Gasteiger partial charge in [-0.15, -0.1) is 0 Å². The van der Waals surface area contributed by atoms with Crippen molar-refractivity contribution in [1.82, 2.24) is 14.5 Å². The molecule has 0 aliphatic carbocycles. The number of hydrogen-bond acceptors (Lipinski definition) is 4. The molecule has 0 saturated heterocycles. The average Bonchev–Trinajstić information content (AvgIpc) is 2.52. The standard InChI is InChI=1S/C15H13ClN4O/c1-17-14-7-6-11(16)13(19-14)8-20-9-18-12-5-3-2-4-10(12)15(20)21/h2-7,9H,8H2,1H3,(H,17,19). The molecule has 1 N–H and O–H groups in total. The minimum absolute atomic E-state index is 0.103. The summed E-state index contributed by atoms with van der Waals surface area (Å²) in [6.07, 6.45) is 1.52. The molecule has 0 amide bonds. The van der Waals surface area contributed by atoms with Crippen molar-refractivity contribution in [2.75, 3.05) is 12.4 Å².